The Labute approximate surface area is 249 Å². The van der Waals surface area contributed by atoms with E-state index in [1.54, 1.807) is 6.20 Å². The minimum absolute atomic E-state index is 0.0131. The van der Waals surface area contributed by atoms with E-state index >= 15 is 0 Å². The molecule has 11 nitrogen and oxygen atoms in total. The van der Waals surface area contributed by atoms with Gasteiger partial charge in [0.1, 0.15) is 5.60 Å². The van der Waals surface area contributed by atoms with Gasteiger partial charge in [-0.1, -0.05) is 24.3 Å². The number of benzene rings is 2. The Morgan fingerprint density at radius 3 is 2.49 bits per heavy atom. The van der Waals surface area contributed by atoms with Crippen LogP contribution < -0.4 is 5.32 Å². The van der Waals surface area contributed by atoms with Crippen molar-refractivity contribution in [1.29, 1.82) is 0 Å². The molecule has 1 unspecified atom stereocenters. The third kappa shape index (κ3) is 5.25. The van der Waals surface area contributed by atoms with Gasteiger partial charge in [0, 0.05) is 69.2 Å². The minimum atomic E-state index is -0.753. The molecule has 3 saturated heterocycles. The number of piperidine rings is 2. The van der Waals surface area contributed by atoms with Crippen LogP contribution in [0.4, 0.5) is 10.5 Å². The van der Waals surface area contributed by atoms with E-state index in [2.05, 4.69) is 27.6 Å². The lowest BCUT2D eigenvalue weighted by Gasteiger charge is -2.44. The number of carbonyl (C=O) groups is 3. The van der Waals surface area contributed by atoms with Gasteiger partial charge in [0.2, 0.25) is 11.8 Å². The van der Waals surface area contributed by atoms with E-state index < -0.39 is 23.4 Å². The summed E-state index contributed by atoms with van der Waals surface area (Å²) in [6.45, 7) is 5.15. The molecular weight excluding hydrogens is 550 g/mol. The van der Waals surface area contributed by atoms with Crippen molar-refractivity contribution in [3.63, 3.8) is 0 Å². The Hall–Kier alpha value is -3.96. The van der Waals surface area contributed by atoms with Gasteiger partial charge in [-0.15, -0.1) is 0 Å². The van der Waals surface area contributed by atoms with Crippen molar-refractivity contribution in [2.45, 2.75) is 56.8 Å². The van der Waals surface area contributed by atoms with Crippen LogP contribution in [0.2, 0.25) is 0 Å². The summed E-state index contributed by atoms with van der Waals surface area (Å²) in [5, 5.41) is 11.0. The number of aromatic amines is 1. The predicted octanol–water partition coefficient (Wildman–Crippen LogP) is 3.87. The average Bonchev–Trinajstić information content (AvgIpc) is 3.67. The molecule has 4 aliphatic rings. The zero-order valence-electron chi connectivity index (χ0n) is 24.4. The molecule has 0 saturated carbocycles. The van der Waals surface area contributed by atoms with Crippen molar-refractivity contribution >= 4 is 34.5 Å². The Morgan fingerprint density at radius 2 is 1.72 bits per heavy atom. The summed E-state index contributed by atoms with van der Waals surface area (Å²) >= 11 is 0. The standard InChI is InChI=1S/C32H37N5O6/c1-21-16-22(18-24-20-33-35-28(21)24)17-23(29(39)37-12-8-32(9-13-37)41-14-15-42-32)19-27(38)36-10-6-31(7-11-36)25-4-2-3-5-26(25)34-30(40)43-31/h2-5,16,18,20,23H,6-15,17,19H2,1H3,(H,33,35)(H,34,40). The van der Waals surface area contributed by atoms with Gasteiger partial charge < -0.3 is 24.0 Å². The molecule has 4 aliphatic heterocycles. The highest BCUT2D eigenvalue weighted by Gasteiger charge is 2.46. The third-order valence-electron chi connectivity index (χ3n) is 9.58. The molecule has 0 aliphatic carbocycles. The van der Waals surface area contributed by atoms with Crippen molar-refractivity contribution in [2.24, 2.45) is 5.92 Å². The van der Waals surface area contributed by atoms with Crippen LogP contribution in [0.25, 0.3) is 10.9 Å². The second-order valence-corrected chi connectivity index (χ2v) is 12.2. The Kier molecular flexibility index (Phi) is 7.09. The van der Waals surface area contributed by atoms with E-state index in [0.29, 0.717) is 71.5 Å². The largest absolute Gasteiger partial charge is 0.438 e. The number of para-hydroxylation sites is 1. The fourth-order valence-electron chi connectivity index (χ4n) is 7.26. The molecule has 226 valence electrons. The topological polar surface area (TPSA) is 126 Å². The molecule has 1 atom stereocenters. The summed E-state index contributed by atoms with van der Waals surface area (Å²) in [5.41, 5.74) is 3.98. The maximum Gasteiger partial charge on any atom is 0.412 e. The van der Waals surface area contributed by atoms with Crippen LogP contribution >= 0.6 is 0 Å². The molecule has 1 aromatic heterocycles. The van der Waals surface area contributed by atoms with Gasteiger partial charge in [-0.3, -0.25) is 20.0 Å². The lowest BCUT2D eigenvalue weighted by atomic mass is 9.82. The molecule has 0 radical (unpaired) electrons. The number of nitrogens with zero attached hydrogens (tertiary/aromatic N) is 3. The van der Waals surface area contributed by atoms with E-state index in [-0.39, 0.29) is 18.2 Å². The molecule has 7 rings (SSSR count). The molecule has 2 N–H and O–H groups in total. The van der Waals surface area contributed by atoms with Crippen LogP contribution in [0.1, 0.15) is 48.8 Å². The van der Waals surface area contributed by atoms with E-state index in [9.17, 15) is 14.4 Å². The van der Waals surface area contributed by atoms with Gasteiger partial charge in [-0.2, -0.15) is 5.10 Å². The number of hydrogen-bond donors (Lipinski definition) is 2. The van der Waals surface area contributed by atoms with Crippen molar-refractivity contribution in [2.75, 3.05) is 44.7 Å². The molecule has 2 aromatic carbocycles. The lowest BCUT2D eigenvalue weighted by Crippen LogP contribution is -2.51. The number of aromatic nitrogens is 2. The minimum Gasteiger partial charge on any atom is -0.438 e. The highest BCUT2D eigenvalue weighted by atomic mass is 16.7. The Bertz CT molecular complexity index is 1540. The molecule has 2 spiro atoms. The Balaban J connectivity index is 1.07. The van der Waals surface area contributed by atoms with Gasteiger partial charge in [-0.25, -0.2) is 4.79 Å². The molecule has 3 amide bonds. The zero-order chi connectivity index (χ0) is 29.6. The van der Waals surface area contributed by atoms with Crippen LogP contribution in [-0.2, 0) is 35.8 Å². The molecular formula is C32H37N5O6. The first-order valence-corrected chi connectivity index (χ1v) is 15.2. The van der Waals surface area contributed by atoms with Crippen molar-refractivity contribution in [1.82, 2.24) is 20.0 Å². The number of fused-ring (bicyclic) bond motifs is 3. The van der Waals surface area contributed by atoms with Crippen LogP contribution in [-0.4, -0.2) is 83.1 Å². The number of aryl methyl sites for hydroxylation is 1. The monoisotopic (exact) mass is 587 g/mol. The zero-order valence-corrected chi connectivity index (χ0v) is 24.4. The first kappa shape index (κ1) is 27.8. The predicted molar refractivity (Wildman–Crippen MR) is 157 cm³/mol. The highest BCUT2D eigenvalue weighted by Crippen LogP contribution is 2.43. The average molecular weight is 588 g/mol. The van der Waals surface area contributed by atoms with E-state index in [4.69, 9.17) is 14.2 Å². The normalized spacial score (nSPS) is 21.5. The molecule has 3 fully saturated rings. The van der Waals surface area contributed by atoms with Crippen LogP contribution in [0, 0.1) is 12.8 Å². The fourth-order valence-corrected chi connectivity index (χ4v) is 7.26. The van der Waals surface area contributed by atoms with E-state index in [0.717, 1.165) is 33.3 Å². The number of hydrogen-bond acceptors (Lipinski definition) is 7. The number of amides is 3. The number of likely N-dealkylation sites (tertiary alicyclic amines) is 2. The maximum absolute atomic E-state index is 14.0. The SMILES string of the molecule is Cc1cc(CC(CC(=O)N2CCC3(CC2)OC(=O)Nc2ccccc23)C(=O)N2CCC3(CC2)OCCO3)cc2cn[nH]c12. The second-order valence-electron chi connectivity index (χ2n) is 12.2. The van der Waals surface area contributed by atoms with Crippen molar-refractivity contribution in [3.8, 4) is 0 Å². The summed E-state index contributed by atoms with van der Waals surface area (Å²) in [7, 11) is 0. The van der Waals surface area contributed by atoms with Crippen LogP contribution in [0.15, 0.2) is 42.6 Å². The van der Waals surface area contributed by atoms with Gasteiger partial charge in [0.15, 0.2) is 5.79 Å². The summed E-state index contributed by atoms with van der Waals surface area (Å²) in [6.07, 6.45) is 4.15. The lowest BCUT2D eigenvalue weighted by molar-refractivity contribution is -0.188. The van der Waals surface area contributed by atoms with Crippen LogP contribution in [0.5, 0.6) is 0 Å². The second kappa shape index (κ2) is 10.9. The van der Waals surface area contributed by atoms with Crippen molar-refractivity contribution < 1.29 is 28.6 Å². The fraction of sp³-hybridized carbons (Fsp3) is 0.500. The summed E-state index contributed by atoms with van der Waals surface area (Å²) in [5.74, 6) is -1.16. The quantitative estimate of drug-likeness (QED) is 0.464. The number of rotatable bonds is 5. The summed E-state index contributed by atoms with van der Waals surface area (Å²) in [4.78, 5) is 43.9. The van der Waals surface area contributed by atoms with Gasteiger partial charge >= 0.3 is 6.09 Å². The molecule has 0 bridgehead atoms. The van der Waals surface area contributed by atoms with E-state index in [1.165, 1.54) is 0 Å². The molecule has 43 heavy (non-hydrogen) atoms. The van der Waals surface area contributed by atoms with Gasteiger partial charge in [0.25, 0.3) is 0 Å². The number of H-pyrrole nitrogens is 1. The smallest absolute Gasteiger partial charge is 0.412 e. The van der Waals surface area contributed by atoms with Gasteiger partial charge in [0.05, 0.1) is 36.5 Å². The number of anilines is 1. The molecule has 5 heterocycles. The number of nitrogens with one attached hydrogen (secondary N) is 2. The first-order valence-electron chi connectivity index (χ1n) is 15.2. The van der Waals surface area contributed by atoms with E-state index in [1.807, 2.05) is 41.0 Å². The first-order chi connectivity index (χ1) is 20.8. The maximum atomic E-state index is 14.0. The Morgan fingerprint density at radius 1 is 1.00 bits per heavy atom. The molecule has 11 heteroatoms. The third-order valence-corrected chi connectivity index (χ3v) is 9.58. The highest BCUT2D eigenvalue weighted by molar-refractivity contribution is 5.89. The summed E-state index contributed by atoms with van der Waals surface area (Å²) < 4.78 is 17.6. The van der Waals surface area contributed by atoms with Gasteiger partial charge in [-0.05, 0) is 36.6 Å². The number of ether oxygens (including phenoxy) is 3. The summed E-state index contributed by atoms with van der Waals surface area (Å²) in [6, 6.07) is 11.8. The van der Waals surface area contributed by atoms with Crippen molar-refractivity contribution in [3.05, 3.63) is 59.3 Å². The number of carbonyl (C=O) groups excluding carboxylic acids is 3. The van der Waals surface area contributed by atoms with Crippen LogP contribution in [0.3, 0.4) is 0 Å². The molecule has 3 aromatic rings.